The molecule has 22 heavy (non-hydrogen) atoms. The summed E-state index contributed by atoms with van der Waals surface area (Å²) in [6.45, 7) is 6.35. The third kappa shape index (κ3) is 3.30. The Labute approximate surface area is 131 Å². The van der Waals surface area contributed by atoms with Gasteiger partial charge in [0.05, 0.1) is 0 Å². The lowest BCUT2D eigenvalue weighted by atomic mass is 10.0. The smallest absolute Gasteiger partial charge is 0.227 e. The standard InChI is InChI=1S/C19H22N2O/c1-12-10-13(2)18(14(3)11-12)20-16-6-8-17(9-7-16)21-19(22)15-4-5-15/h6-11,15,20H,4-5H2,1-3H3,(H,21,22). The van der Waals surface area contributed by atoms with Crippen molar-refractivity contribution in [1.29, 1.82) is 0 Å². The number of aryl methyl sites for hydroxylation is 3. The highest BCUT2D eigenvalue weighted by Crippen LogP contribution is 2.31. The number of hydrogen-bond acceptors (Lipinski definition) is 2. The minimum atomic E-state index is 0.144. The third-order valence-corrected chi connectivity index (χ3v) is 4.05. The van der Waals surface area contributed by atoms with Crippen LogP contribution in [0.5, 0.6) is 0 Å². The lowest BCUT2D eigenvalue weighted by Crippen LogP contribution is -2.13. The van der Waals surface area contributed by atoms with Crippen LogP contribution < -0.4 is 10.6 Å². The molecule has 1 aliphatic carbocycles. The van der Waals surface area contributed by atoms with E-state index in [1.807, 2.05) is 24.3 Å². The number of hydrogen-bond donors (Lipinski definition) is 2. The second-order valence-electron chi connectivity index (χ2n) is 6.24. The predicted molar refractivity (Wildman–Crippen MR) is 91.7 cm³/mol. The van der Waals surface area contributed by atoms with E-state index in [-0.39, 0.29) is 11.8 Å². The molecule has 0 aromatic heterocycles. The van der Waals surface area contributed by atoms with E-state index in [0.717, 1.165) is 29.9 Å². The van der Waals surface area contributed by atoms with Crippen molar-refractivity contribution in [2.75, 3.05) is 10.6 Å². The second kappa shape index (κ2) is 5.84. The van der Waals surface area contributed by atoms with Gasteiger partial charge in [0.1, 0.15) is 0 Å². The Morgan fingerprint density at radius 1 is 0.955 bits per heavy atom. The number of carbonyl (C=O) groups excluding carboxylic acids is 1. The summed E-state index contributed by atoms with van der Waals surface area (Å²) in [6.07, 6.45) is 2.05. The molecule has 1 saturated carbocycles. The van der Waals surface area contributed by atoms with Gasteiger partial charge >= 0.3 is 0 Å². The van der Waals surface area contributed by atoms with Crippen LogP contribution in [0.4, 0.5) is 17.1 Å². The van der Waals surface area contributed by atoms with E-state index in [9.17, 15) is 4.79 Å². The molecular weight excluding hydrogens is 272 g/mol. The molecule has 2 aromatic rings. The first-order valence-corrected chi connectivity index (χ1v) is 7.79. The molecule has 1 aliphatic rings. The third-order valence-electron chi connectivity index (χ3n) is 4.05. The van der Waals surface area contributed by atoms with Crippen LogP contribution >= 0.6 is 0 Å². The molecule has 3 rings (SSSR count). The maximum Gasteiger partial charge on any atom is 0.227 e. The first-order valence-electron chi connectivity index (χ1n) is 7.79. The van der Waals surface area contributed by atoms with E-state index in [1.54, 1.807) is 0 Å². The first-order chi connectivity index (χ1) is 10.5. The average Bonchev–Trinajstić information content (AvgIpc) is 3.29. The van der Waals surface area contributed by atoms with E-state index in [2.05, 4.69) is 43.5 Å². The SMILES string of the molecule is Cc1cc(C)c(Nc2ccc(NC(=O)C3CC3)cc2)c(C)c1. The molecule has 0 atom stereocenters. The predicted octanol–water partition coefficient (Wildman–Crippen LogP) is 4.70. The Balaban J connectivity index is 1.72. The number of rotatable bonds is 4. The zero-order valence-corrected chi connectivity index (χ0v) is 13.4. The molecule has 2 aromatic carbocycles. The first kappa shape index (κ1) is 14.6. The maximum absolute atomic E-state index is 11.7. The van der Waals surface area contributed by atoms with Crippen LogP contribution in [0.25, 0.3) is 0 Å². The summed E-state index contributed by atoms with van der Waals surface area (Å²) in [5, 5.41) is 6.43. The number of benzene rings is 2. The van der Waals surface area contributed by atoms with Crippen molar-refractivity contribution in [3.63, 3.8) is 0 Å². The van der Waals surface area contributed by atoms with Crippen molar-refractivity contribution in [2.24, 2.45) is 5.92 Å². The van der Waals surface area contributed by atoms with Crippen LogP contribution in [0.15, 0.2) is 36.4 Å². The Morgan fingerprint density at radius 2 is 1.50 bits per heavy atom. The molecule has 0 radical (unpaired) electrons. The summed E-state index contributed by atoms with van der Waals surface area (Å²) in [5.41, 5.74) is 6.80. The summed E-state index contributed by atoms with van der Waals surface area (Å²) >= 11 is 0. The number of anilines is 3. The zero-order chi connectivity index (χ0) is 15.7. The summed E-state index contributed by atoms with van der Waals surface area (Å²) in [5.74, 6) is 0.376. The van der Waals surface area contributed by atoms with Gasteiger partial charge in [0, 0.05) is 23.0 Å². The monoisotopic (exact) mass is 294 g/mol. The lowest BCUT2D eigenvalue weighted by molar-refractivity contribution is -0.117. The van der Waals surface area contributed by atoms with Crippen molar-refractivity contribution >= 4 is 23.0 Å². The van der Waals surface area contributed by atoms with Crippen LogP contribution in [0.3, 0.4) is 0 Å². The van der Waals surface area contributed by atoms with Gasteiger partial charge in [0.2, 0.25) is 5.91 Å². The molecule has 114 valence electrons. The summed E-state index contributed by atoms with van der Waals surface area (Å²) in [6, 6.07) is 12.3. The minimum Gasteiger partial charge on any atom is -0.355 e. The Bertz CT molecular complexity index is 677. The normalized spacial score (nSPS) is 13.8. The summed E-state index contributed by atoms with van der Waals surface area (Å²) < 4.78 is 0. The largest absolute Gasteiger partial charge is 0.355 e. The molecule has 3 heteroatoms. The molecule has 3 nitrogen and oxygen atoms in total. The van der Waals surface area contributed by atoms with Gasteiger partial charge in [0.25, 0.3) is 0 Å². The van der Waals surface area contributed by atoms with E-state index in [1.165, 1.54) is 16.7 Å². The maximum atomic E-state index is 11.7. The lowest BCUT2D eigenvalue weighted by Gasteiger charge is -2.14. The van der Waals surface area contributed by atoms with Gasteiger partial charge in [-0.15, -0.1) is 0 Å². The molecule has 0 unspecified atom stereocenters. The van der Waals surface area contributed by atoms with E-state index < -0.39 is 0 Å². The van der Waals surface area contributed by atoms with Gasteiger partial charge in [-0.3, -0.25) is 4.79 Å². The van der Waals surface area contributed by atoms with Crippen molar-refractivity contribution in [1.82, 2.24) is 0 Å². The summed E-state index contributed by atoms with van der Waals surface area (Å²) in [7, 11) is 0. The fraction of sp³-hybridized carbons (Fsp3) is 0.316. The fourth-order valence-electron chi connectivity index (χ4n) is 2.75. The topological polar surface area (TPSA) is 41.1 Å². The van der Waals surface area contributed by atoms with Crippen molar-refractivity contribution in [2.45, 2.75) is 33.6 Å². The fourth-order valence-corrected chi connectivity index (χ4v) is 2.75. The Hall–Kier alpha value is -2.29. The van der Waals surface area contributed by atoms with Crippen molar-refractivity contribution < 1.29 is 4.79 Å². The highest BCUT2D eigenvalue weighted by Gasteiger charge is 2.29. The van der Waals surface area contributed by atoms with E-state index in [4.69, 9.17) is 0 Å². The molecule has 0 spiro atoms. The van der Waals surface area contributed by atoms with Gasteiger partial charge in [-0.1, -0.05) is 17.7 Å². The van der Waals surface area contributed by atoms with Gasteiger partial charge < -0.3 is 10.6 Å². The van der Waals surface area contributed by atoms with Gasteiger partial charge in [-0.2, -0.15) is 0 Å². The van der Waals surface area contributed by atoms with Crippen molar-refractivity contribution in [3.8, 4) is 0 Å². The molecule has 2 N–H and O–H groups in total. The molecule has 0 bridgehead atoms. The molecular formula is C19H22N2O. The van der Waals surface area contributed by atoms with Gasteiger partial charge in [-0.05, 0) is 69.0 Å². The van der Waals surface area contributed by atoms with Gasteiger partial charge in [0.15, 0.2) is 0 Å². The number of nitrogens with one attached hydrogen (secondary N) is 2. The molecule has 1 amide bonds. The van der Waals surface area contributed by atoms with Crippen LogP contribution in [-0.4, -0.2) is 5.91 Å². The molecule has 0 saturated heterocycles. The van der Waals surface area contributed by atoms with Crippen molar-refractivity contribution in [3.05, 3.63) is 53.1 Å². The Morgan fingerprint density at radius 3 is 2.05 bits per heavy atom. The van der Waals surface area contributed by atoms with Crippen LogP contribution in [0.1, 0.15) is 29.5 Å². The van der Waals surface area contributed by atoms with E-state index >= 15 is 0 Å². The highest BCUT2D eigenvalue weighted by atomic mass is 16.2. The van der Waals surface area contributed by atoms with Crippen LogP contribution in [0.2, 0.25) is 0 Å². The molecule has 1 fully saturated rings. The quantitative estimate of drug-likeness (QED) is 0.858. The zero-order valence-electron chi connectivity index (χ0n) is 13.4. The molecule has 0 aliphatic heterocycles. The van der Waals surface area contributed by atoms with Crippen LogP contribution in [0, 0.1) is 26.7 Å². The minimum absolute atomic E-state index is 0.144. The van der Waals surface area contributed by atoms with Gasteiger partial charge in [-0.25, -0.2) is 0 Å². The Kier molecular flexibility index (Phi) is 3.88. The second-order valence-corrected chi connectivity index (χ2v) is 6.24. The highest BCUT2D eigenvalue weighted by molar-refractivity contribution is 5.94. The number of amides is 1. The average molecular weight is 294 g/mol. The van der Waals surface area contributed by atoms with Crippen LogP contribution in [-0.2, 0) is 4.79 Å². The number of carbonyl (C=O) groups is 1. The molecule has 0 heterocycles. The summed E-state index contributed by atoms with van der Waals surface area (Å²) in [4.78, 5) is 11.7. The van der Waals surface area contributed by atoms with E-state index in [0.29, 0.717) is 0 Å².